The van der Waals surface area contributed by atoms with Crippen LogP contribution in [0.3, 0.4) is 0 Å². The van der Waals surface area contributed by atoms with Crippen molar-refractivity contribution in [1.29, 1.82) is 0 Å². The number of hydrogen-bond donors (Lipinski definition) is 1. The minimum absolute atomic E-state index is 0.103. The Kier molecular flexibility index (Phi) is 6.48. The Morgan fingerprint density at radius 3 is 2.48 bits per heavy atom. The molecule has 0 aliphatic heterocycles. The van der Waals surface area contributed by atoms with Crippen molar-refractivity contribution in [2.24, 2.45) is 0 Å². The fourth-order valence-electron chi connectivity index (χ4n) is 2.20. The van der Waals surface area contributed by atoms with Gasteiger partial charge in [-0.3, -0.25) is 0 Å². The van der Waals surface area contributed by atoms with Gasteiger partial charge in [-0.1, -0.05) is 19.8 Å². The molecular weight excluding hydrogens is 288 g/mol. The van der Waals surface area contributed by atoms with E-state index in [-0.39, 0.29) is 16.7 Å². The summed E-state index contributed by atoms with van der Waals surface area (Å²) >= 11 is 0. The van der Waals surface area contributed by atoms with Crippen molar-refractivity contribution in [1.82, 2.24) is 4.31 Å². The highest BCUT2D eigenvalue weighted by atomic mass is 32.2. The Labute approximate surface area is 128 Å². The number of rotatable bonds is 8. The predicted octanol–water partition coefficient (Wildman–Crippen LogP) is 2.87. The SMILES string of the molecule is CCCCCN(C(C)C)S(=O)(=O)c1ccc(N)cc1OC. The van der Waals surface area contributed by atoms with Gasteiger partial charge in [0, 0.05) is 24.3 Å². The highest BCUT2D eigenvalue weighted by molar-refractivity contribution is 7.89. The Hall–Kier alpha value is -1.27. The van der Waals surface area contributed by atoms with Gasteiger partial charge in [-0.2, -0.15) is 4.31 Å². The molecule has 0 aromatic heterocycles. The first-order valence-corrected chi connectivity index (χ1v) is 8.74. The second-order valence-corrected chi connectivity index (χ2v) is 7.19. The number of hydrogen-bond acceptors (Lipinski definition) is 4. The molecule has 0 aliphatic carbocycles. The van der Waals surface area contributed by atoms with Crippen LogP contribution in [0.5, 0.6) is 5.75 Å². The second kappa shape index (κ2) is 7.66. The maximum atomic E-state index is 12.9. The Balaban J connectivity index is 3.16. The molecule has 2 N–H and O–H groups in total. The van der Waals surface area contributed by atoms with E-state index in [1.54, 1.807) is 6.07 Å². The lowest BCUT2D eigenvalue weighted by molar-refractivity contribution is 0.341. The lowest BCUT2D eigenvalue weighted by Crippen LogP contribution is -2.37. The Morgan fingerprint density at radius 1 is 1.29 bits per heavy atom. The first kappa shape index (κ1) is 17.8. The minimum Gasteiger partial charge on any atom is -0.495 e. The molecule has 0 atom stereocenters. The van der Waals surface area contributed by atoms with Crippen molar-refractivity contribution in [3.05, 3.63) is 18.2 Å². The van der Waals surface area contributed by atoms with Crippen LogP contribution in [0.4, 0.5) is 5.69 Å². The molecule has 0 unspecified atom stereocenters. The largest absolute Gasteiger partial charge is 0.495 e. The number of unbranched alkanes of at least 4 members (excludes halogenated alkanes) is 2. The molecule has 120 valence electrons. The van der Waals surface area contributed by atoms with E-state index in [0.717, 1.165) is 19.3 Å². The van der Waals surface area contributed by atoms with Gasteiger partial charge >= 0.3 is 0 Å². The summed E-state index contributed by atoms with van der Waals surface area (Å²) in [5.74, 6) is 0.288. The molecule has 5 nitrogen and oxygen atoms in total. The smallest absolute Gasteiger partial charge is 0.246 e. The van der Waals surface area contributed by atoms with E-state index < -0.39 is 10.0 Å². The van der Waals surface area contributed by atoms with Gasteiger partial charge < -0.3 is 10.5 Å². The van der Waals surface area contributed by atoms with Crippen LogP contribution in [0.2, 0.25) is 0 Å². The molecule has 0 fully saturated rings. The summed E-state index contributed by atoms with van der Waals surface area (Å²) in [6, 6.07) is 4.53. The molecule has 21 heavy (non-hydrogen) atoms. The fourth-order valence-corrected chi connectivity index (χ4v) is 4.01. The van der Waals surface area contributed by atoms with E-state index in [0.29, 0.717) is 12.2 Å². The monoisotopic (exact) mass is 314 g/mol. The van der Waals surface area contributed by atoms with Gasteiger partial charge in [0.05, 0.1) is 7.11 Å². The summed E-state index contributed by atoms with van der Waals surface area (Å²) in [6.07, 6.45) is 2.92. The highest BCUT2D eigenvalue weighted by Gasteiger charge is 2.29. The highest BCUT2D eigenvalue weighted by Crippen LogP contribution is 2.29. The van der Waals surface area contributed by atoms with Crippen LogP contribution in [0.15, 0.2) is 23.1 Å². The van der Waals surface area contributed by atoms with Crippen LogP contribution < -0.4 is 10.5 Å². The van der Waals surface area contributed by atoms with Gasteiger partial charge in [-0.25, -0.2) is 8.42 Å². The number of anilines is 1. The molecule has 6 heteroatoms. The number of nitrogens with zero attached hydrogens (tertiary/aromatic N) is 1. The van der Waals surface area contributed by atoms with E-state index in [9.17, 15) is 8.42 Å². The summed E-state index contributed by atoms with van der Waals surface area (Å²) < 4.78 is 32.4. The van der Waals surface area contributed by atoms with E-state index in [1.165, 1.54) is 23.5 Å². The van der Waals surface area contributed by atoms with Gasteiger partial charge in [-0.05, 0) is 32.4 Å². The third kappa shape index (κ3) is 4.35. The number of nitrogens with two attached hydrogens (primary N) is 1. The molecule has 1 aromatic carbocycles. The third-order valence-electron chi connectivity index (χ3n) is 3.33. The maximum Gasteiger partial charge on any atom is 0.246 e. The molecule has 0 radical (unpaired) electrons. The van der Waals surface area contributed by atoms with E-state index >= 15 is 0 Å². The van der Waals surface area contributed by atoms with Gasteiger partial charge in [0.15, 0.2) is 0 Å². The lowest BCUT2D eigenvalue weighted by atomic mass is 10.2. The van der Waals surface area contributed by atoms with Crippen LogP contribution in [-0.2, 0) is 10.0 Å². The molecule has 0 heterocycles. The molecule has 0 amide bonds. The van der Waals surface area contributed by atoms with Gasteiger partial charge in [0.25, 0.3) is 0 Å². The number of benzene rings is 1. The molecule has 1 rings (SSSR count). The Bertz CT molecular complexity index is 556. The summed E-state index contributed by atoms with van der Waals surface area (Å²) in [4.78, 5) is 0.171. The molecule has 0 spiro atoms. The van der Waals surface area contributed by atoms with Crippen molar-refractivity contribution in [3.63, 3.8) is 0 Å². The fraction of sp³-hybridized carbons (Fsp3) is 0.600. The number of methoxy groups -OCH3 is 1. The lowest BCUT2D eigenvalue weighted by Gasteiger charge is -2.26. The second-order valence-electron chi connectivity index (χ2n) is 5.33. The standard InChI is InChI=1S/C15H26N2O3S/c1-5-6-7-10-17(12(2)3)21(18,19)15-9-8-13(16)11-14(15)20-4/h8-9,11-12H,5-7,10,16H2,1-4H3. The van der Waals surface area contributed by atoms with Gasteiger partial charge in [-0.15, -0.1) is 0 Å². The normalized spacial score (nSPS) is 12.1. The maximum absolute atomic E-state index is 12.9. The summed E-state index contributed by atoms with van der Waals surface area (Å²) in [5, 5.41) is 0. The average Bonchev–Trinajstić information content (AvgIpc) is 2.42. The summed E-state index contributed by atoms with van der Waals surface area (Å²) in [7, 11) is -2.14. The molecule has 1 aromatic rings. The van der Waals surface area contributed by atoms with Crippen molar-refractivity contribution >= 4 is 15.7 Å². The zero-order chi connectivity index (χ0) is 16.0. The summed E-state index contributed by atoms with van der Waals surface area (Å²) in [6.45, 7) is 6.37. The van der Waals surface area contributed by atoms with Gasteiger partial charge in [0.1, 0.15) is 10.6 Å². The van der Waals surface area contributed by atoms with E-state index in [4.69, 9.17) is 10.5 Å². The van der Waals surface area contributed by atoms with Crippen LogP contribution in [0, 0.1) is 0 Å². The zero-order valence-electron chi connectivity index (χ0n) is 13.3. The van der Waals surface area contributed by atoms with Crippen LogP contribution in [-0.4, -0.2) is 32.4 Å². The molecule has 0 saturated heterocycles. The van der Waals surface area contributed by atoms with Crippen molar-refractivity contribution in [2.45, 2.75) is 51.0 Å². The van der Waals surface area contributed by atoms with E-state index in [2.05, 4.69) is 6.92 Å². The van der Waals surface area contributed by atoms with E-state index in [1.807, 2.05) is 13.8 Å². The van der Waals surface area contributed by atoms with Crippen molar-refractivity contribution in [3.8, 4) is 5.75 Å². The van der Waals surface area contributed by atoms with Gasteiger partial charge in [0.2, 0.25) is 10.0 Å². The molecular formula is C15H26N2O3S. The summed E-state index contributed by atoms with van der Waals surface area (Å²) in [5.41, 5.74) is 6.17. The Morgan fingerprint density at radius 2 is 1.95 bits per heavy atom. The number of nitrogen functional groups attached to an aromatic ring is 1. The first-order chi connectivity index (χ1) is 9.84. The molecule has 0 bridgehead atoms. The average molecular weight is 314 g/mol. The van der Waals surface area contributed by atoms with Crippen LogP contribution in [0.1, 0.15) is 40.0 Å². The number of sulfonamides is 1. The van der Waals surface area contributed by atoms with Crippen molar-refractivity contribution < 1.29 is 13.2 Å². The van der Waals surface area contributed by atoms with Crippen LogP contribution in [0.25, 0.3) is 0 Å². The minimum atomic E-state index is -3.59. The predicted molar refractivity (Wildman–Crippen MR) is 86.0 cm³/mol. The third-order valence-corrected chi connectivity index (χ3v) is 5.45. The van der Waals surface area contributed by atoms with Crippen molar-refractivity contribution in [2.75, 3.05) is 19.4 Å². The number of ether oxygens (including phenoxy) is 1. The first-order valence-electron chi connectivity index (χ1n) is 7.30. The topological polar surface area (TPSA) is 72.6 Å². The quantitative estimate of drug-likeness (QED) is 0.591. The van der Waals surface area contributed by atoms with Crippen LogP contribution >= 0.6 is 0 Å². The zero-order valence-corrected chi connectivity index (χ0v) is 14.1. The molecule has 0 saturated carbocycles. The molecule has 0 aliphatic rings.